The van der Waals surface area contributed by atoms with Gasteiger partial charge in [-0.05, 0) is 38.3 Å². The van der Waals surface area contributed by atoms with Crippen LogP contribution in [0.5, 0.6) is 0 Å². The molecule has 0 saturated carbocycles. The van der Waals surface area contributed by atoms with Gasteiger partial charge in [-0.25, -0.2) is 4.79 Å². The van der Waals surface area contributed by atoms with Crippen molar-refractivity contribution in [2.24, 2.45) is 0 Å². The van der Waals surface area contributed by atoms with Crippen LogP contribution in [0.15, 0.2) is 42.1 Å². The van der Waals surface area contributed by atoms with Gasteiger partial charge in [-0.15, -0.1) is 0 Å². The van der Waals surface area contributed by atoms with Gasteiger partial charge in [0.1, 0.15) is 0 Å². The minimum atomic E-state index is -0.751. The van der Waals surface area contributed by atoms with Gasteiger partial charge >= 0.3 is 5.43 Å². The van der Waals surface area contributed by atoms with Crippen LogP contribution in [-0.4, -0.2) is 41.4 Å². The third-order valence-corrected chi connectivity index (χ3v) is 4.91. The number of hydrogen-bond acceptors (Lipinski definition) is 4. The first-order valence-electron chi connectivity index (χ1n) is 8.81. The summed E-state index contributed by atoms with van der Waals surface area (Å²) in [4.78, 5) is 16.0. The van der Waals surface area contributed by atoms with E-state index in [1.54, 1.807) is 0 Å². The molecular weight excluding hydrogens is 324 g/mol. The maximum Gasteiger partial charge on any atom is 0.405 e. The zero-order valence-corrected chi connectivity index (χ0v) is 14.8. The van der Waals surface area contributed by atoms with Crippen molar-refractivity contribution < 1.29 is 9.53 Å². The van der Waals surface area contributed by atoms with Crippen molar-refractivity contribution >= 4 is 17.0 Å². The SMILES string of the molecule is O=C(Cl)OC(c1ccccc1)N1CCC(=CN2CCCCC2)CC1. The Balaban J connectivity index is 1.62. The van der Waals surface area contributed by atoms with Crippen molar-refractivity contribution in [2.45, 2.75) is 38.3 Å². The van der Waals surface area contributed by atoms with E-state index in [1.165, 1.54) is 37.9 Å². The summed E-state index contributed by atoms with van der Waals surface area (Å²) >= 11 is 5.49. The molecule has 0 spiro atoms. The van der Waals surface area contributed by atoms with Crippen molar-refractivity contribution in [1.29, 1.82) is 0 Å². The molecule has 2 heterocycles. The minimum absolute atomic E-state index is 0.396. The number of rotatable bonds is 4. The molecule has 0 radical (unpaired) electrons. The van der Waals surface area contributed by atoms with E-state index in [1.807, 2.05) is 30.3 Å². The van der Waals surface area contributed by atoms with E-state index in [2.05, 4.69) is 16.0 Å². The fourth-order valence-electron chi connectivity index (χ4n) is 3.54. The lowest BCUT2D eigenvalue weighted by Crippen LogP contribution is -2.37. The standard InChI is InChI=1S/C19H25ClN2O2/c20-19(23)24-18(17-7-3-1-4-8-17)22-13-9-16(10-14-22)15-21-11-5-2-6-12-21/h1,3-4,7-8,15,18H,2,5-6,9-14H2. The quantitative estimate of drug-likeness (QED) is 0.748. The Bertz CT molecular complexity index is 560. The van der Waals surface area contributed by atoms with E-state index in [-0.39, 0.29) is 0 Å². The highest BCUT2D eigenvalue weighted by molar-refractivity contribution is 6.61. The van der Waals surface area contributed by atoms with E-state index in [0.29, 0.717) is 0 Å². The van der Waals surface area contributed by atoms with Crippen LogP contribution in [0, 0.1) is 0 Å². The average molecular weight is 349 g/mol. The van der Waals surface area contributed by atoms with Crippen molar-refractivity contribution in [1.82, 2.24) is 9.80 Å². The summed E-state index contributed by atoms with van der Waals surface area (Å²) in [5.74, 6) is 0. The Kier molecular flexibility index (Phi) is 6.16. The molecular formula is C19H25ClN2O2. The highest BCUT2D eigenvalue weighted by atomic mass is 35.5. The van der Waals surface area contributed by atoms with Gasteiger partial charge in [0.25, 0.3) is 0 Å². The van der Waals surface area contributed by atoms with Gasteiger partial charge in [0.15, 0.2) is 6.23 Å². The molecule has 2 fully saturated rings. The van der Waals surface area contributed by atoms with Crippen LogP contribution in [0.4, 0.5) is 4.79 Å². The lowest BCUT2D eigenvalue weighted by atomic mass is 10.0. The van der Waals surface area contributed by atoms with Crippen LogP contribution < -0.4 is 0 Å². The Labute approximate surface area is 149 Å². The van der Waals surface area contributed by atoms with E-state index < -0.39 is 11.7 Å². The molecule has 1 atom stereocenters. The molecule has 5 heteroatoms. The molecule has 1 aromatic carbocycles. The fraction of sp³-hybridized carbons (Fsp3) is 0.526. The lowest BCUT2D eigenvalue weighted by Gasteiger charge is -2.35. The number of piperidine rings is 2. The monoisotopic (exact) mass is 348 g/mol. The van der Waals surface area contributed by atoms with Gasteiger partial charge in [-0.1, -0.05) is 35.9 Å². The Morgan fingerprint density at radius 1 is 1.04 bits per heavy atom. The van der Waals surface area contributed by atoms with Gasteiger partial charge in [-0.3, -0.25) is 4.90 Å². The van der Waals surface area contributed by atoms with Crippen LogP contribution in [0.25, 0.3) is 0 Å². The molecule has 0 bridgehead atoms. The molecule has 0 aromatic heterocycles. The van der Waals surface area contributed by atoms with Crippen molar-refractivity contribution in [3.05, 3.63) is 47.7 Å². The molecule has 0 amide bonds. The van der Waals surface area contributed by atoms with Gasteiger partial charge in [-0.2, -0.15) is 0 Å². The van der Waals surface area contributed by atoms with E-state index in [4.69, 9.17) is 16.3 Å². The Morgan fingerprint density at radius 2 is 1.71 bits per heavy atom. The molecule has 0 aliphatic carbocycles. The molecule has 0 N–H and O–H groups in total. The van der Waals surface area contributed by atoms with Crippen LogP contribution in [0.2, 0.25) is 0 Å². The maximum absolute atomic E-state index is 11.3. The first-order chi connectivity index (χ1) is 11.7. The second-order valence-corrected chi connectivity index (χ2v) is 6.85. The summed E-state index contributed by atoms with van der Waals surface area (Å²) in [5.41, 5.74) is 1.71. The zero-order chi connectivity index (χ0) is 16.8. The first-order valence-corrected chi connectivity index (χ1v) is 9.19. The number of carbonyl (C=O) groups excluding carboxylic acids is 1. The summed E-state index contributed by atoms with van der Waals surface area (Å²) < 4.78 is 5.38. The molecule has 130 valence electrons. The van der Waals surface area contributed by atoms with E-state index in [0.717, 1.165) is 31.5 Å². The molecule has 24 heavy (non-hydrogen) atoms. The normalized spacial score (nSPS) is 20.5. The summed E-state index contributed by atoms with van der Waals surface area (Å²) in [6.07, 6.45) is 7.96. The van der Waals surface area contributed by atoms with Gasteiger partial charge < -0.3 is 9.64 Å². The molecule has 4 nitrogen and oxygen atoms in total. The highest BCUT2D eigenvalue weighted by Gasteiger charge is 2.26. The van der Waals surface area contributed by atoms with Gasteiger partial charge in [0.05, 0.1) is 0 Å². The van der Waals surface area contributed by atoms with Crippen LogP contribution in [-0.2, 0) is 4.74 Å². The third kappa shape index (κ3) is 4.74. The largest absolute Gasteiger partial charge is 0.430 e. The van der Waals surface area contributed by atoms with Crippen molar-refractivity contribution in [2.75, 3.05) is 26.2 Å². The zero-order valence-electron chi connectivity index (χ0n) is 14.0. The maximum atomic E-state index is 11.3. The fourth-order valence-corrected chi connectivity index (χ4v) is 3.62. The summed E-state index contributed by atoms with van der Waals surface area (Å²) in [5, 5.41) is 0. The predicted molar refractivity (Wildman–Crippen MR) is 95.8 cm³/mol. The number of likely N-dealkylation sites (tertiary alicyclic amines) is 2. The highest BCUT2D eigenvalue weighted by Crippen LogP contribution is 2.28. The number of nitrogens with zero attached hydrogens (tertiary/aromatic N) is 2. The molecule has 2 aliphatic heterocycles. The lowest BCUT2D eigenvalue weighted by molar-refractivity contribution is -0.00914. The second kappa shape index (κ2) is 8.54. The molecule has 3 rings (SSSR count). The number of carbonyl (C=O) groups is 1. The average Bonchev–Trinajstić information content (AvgIpc) is 2.62. The Hall–Kier alpha value is -1.52. The molecule has 1 aromatic rings. The molecule has 1 unspecified atom stereocenters. The van der Waals surface area contributed by atoms with Gasteiger partial charge in [0, 0.05) is 43.3 Å². The smallest absolute Gasteiger partial charge is 0.405 e. The number of halogens is 1. The topological polar surface area (TPSA) is 32.8 Å². The minimum Gasteiger partial charge on any atom is -0.430 e. The first kappa shape index (κ1) is 17.3. The summed E-state index contributed by atoms with van der Waals surface area (Å²) in [6.45, 7) is 4.13. The van der Waals surface area contributed by atoms with E-state index >= 15 is 0 Å². The predicted octanol–water partition coefficient (Wildman–Crippen LogP) is 4.53. The summed E-state index contributed by atoms with van der Waals surface area (Å²) in [6, 6.07) is 9.82. The van der Waals surface area contributed by atoms with Crippen LogP contribution >= 0.6 is 11.6 Å². The van der Waals surface area contributed by atoms with Crippen LogP contribution in [0.3, 0.4) is 0 Å². The third-order valence-electron chi connectivity index (χ3n) is 4.82. The number of hydrogen-bond donors (Lipinski definition) is 0. The van der Waals surface area contributed by atoms with Crippen molar-refractivity contribution in [3.8, 4) is 0 Å². The Morgan fingerprint density at radius 3 is 2.33 bits per heavy atom. The van der Waals surface area contributed by atoms with E-state index in [9.17, 15) is 4.79 Å². The van der Waals surface area contributed by atoms with Crippen LogP contribution in [0.1, 0.15) is 43.9 Å². The number of benzene rings is 1. The van der Waals surface area contributed by atoms with Crippen molar-refractivity contribution in [3.63, 3.8) is 0 Å². The molecule has 2 aliphatic rings. The molecule has 2 saturated heterocycles. The second-order valence-electron chi connectivity index (χ2n) is 6.54. The number of ether oxygens (including phenoxy) is 1. The summed E-state index contributed by atoms with van der Waals surface area (Å²) in [7, 11) is 0. The van der Waals surface area contributed by atoms with Gasteiger partial charge in [0.2, 0.25) is 0 Å².